The smallest absolute Gasteiger partial charge is 0.333 e. The number of carboxylic acid groups (broad SMARTS) is 2. The number of rotatable bonds is 18. The average Bonchev–Trinajstić information content (AvgIpc) is 3.27. The van der Waals surface area contributed by atoms with E-state index in [0.717, 1.165) is 24.5 Å². The summed E-state index contributed by atoms with van der Waals surface area (Å²) in [5.41, 5.74) is 1.28. The first kappa shape index (κ1) is 37.8. The summed E-state index contributed by atoms with van der Waals surface area (Å²) in [5, 5.41) is 22.4. The molecule has 2 aromatic carbocycles. The Balaban J connectivity index is 1.69. The number of nitrogens with one attached hydrogen (secondary N) is 1. The highest BCUT2D eigenvalue weighted by atomic mass is 16.5. The van der Waals surface area contributed by atoms with Crippen molar-refractivity contribution < 1.29 is 53.0 Å². The molecule has 0 bridgehead atoms. The standard InChI is InChI=1S/C34H47N3O11/c1-43-26-16-22(17-27(44-2)32(26)47-5)10-7-12-36-13-9-15-37(25(21-36)24(34(41)42)20-31(39)40)14-8-11-30(38)35-23-18-28(45-3)33(48-6)29(19-23)46-4/h16-20,25H,7-15,21H2,1-6H3,(H,35,38)(H,39,40)(H,41,42). The number of carbonyl (C=O) groups excluding carboxylic acids is 1. The second-order valence-corrected chi connectivity index (χ2v) is 11.2. The zero-order valence-electron chi connectivity index (χ0n) is 28.5. The monoisotopic (exact) mass is 673 g/mol. The van der Waals surface area contributed by atoms with E-state index >= 15 is 0 Å². The fraction of sp³-hybridized carbons (Fsp3) is 0.500. The van der Waals surface area contributed by atoms with Gasteiger partial charge in [-0.05, 0) is 63.0 Å². The van der Waals surface area contributed by atoms with Crippen molar-refractivity contribution in [1.29, 1.82) is 0 Å². The molecule has 1 aliphatic rings. The van der Waals surface area contributed by atoms with E-state index in [9.17, 15) is 24.6 Å². The van der Waals surface area contributed by atoms with E-state index in [0.29, 0.717) is 85.7 Å². The van der Waals surface area contributed by atoms with Crippen LogP contribution in [0.25, 0.3) is 0 Å². The van der Waals surface area contributed by atoms with Crippen molar-refractivity contribution in [3.8, 4) is 34.5 Å². The number of carboxylic acids is 2. The molecule has 1 amide bonds. The summed E-state index contributed by atoms with van der Waals surface area (Å²) >= 11 is 0. The maximum atomic E-state index is 12.9. The van der Waals surface area contributed by atoms with Gasteiger partial charge in [0, 0.05) is 43.4 Å². The van der Waals surface area contributed by atoms with Crippen molar-refractivity contribution in [3.63, 3.8) is 0 Å². The van der Waals surface area contributed by atoms with Crippen molar-refractivity contribution in [2.24, 2.45) is 0 Å². The first-order valence-electron chi connectivity index (χ1n) is 15.6. The normalized spacial score (nSPS) is 15.6. The molecule has 0 aromatic heterocycles. The number of nitrogens with zero attached hydrogens (tertiary/aromatic N) is 2. The molecule has 1 atom stereocenters. The van der Waals surface area contributed by atoms with E-state index in [-0.39, 0.29) is 17.9 Å². The van der Waals surface area contributed by atoms with Gasteiger partial charge in [-0.3, -0.25) is 9.69 Å². The van der Waals surface area contributed by atoms with Crippen LogP contribution in [0.1, 0.15) is 31.2 Å². The maximum Gasteiger partial charge on any atom is 0.333 e. The molecule has 1 fully saturated rings. The first-order valence-corrected chi connectivity index (χ1v) is 15.6. The van der Waals surface area contributed by atoms with E-state index in [1.54, 1.807) is 33.5 Å². The Hall–Kier alpha value is -4.69. The fourth-order valence-corrected chi connectivity index (χ4v) is 5.91. The van der Waals surface area contributed by atoms with Gasteiger partial charge in [-0.25, -0.2) is 9.59 Å². The van der Waals surface area contributed by atoms with Crippen LogP contribution in [0.3, 0.4) is 0 Å². The number of carbonyl (C=O) groups is 3. The summed E-state index contributed by atoms with van der Waals surface area (Å²) in [7, 11) is 9.15. The van der Waals surface area contributed by atoms with Gasteiger partial charge in [0.15, 0.2) is 23.0 Å². The molecule has 1 aliphatic heterocycles. The maximum absolute atomic E-state index is 12.9. The number of aryl methyl sites for hydroxylation is 1. The molecule has 1 saturated heterocycles. The third-order valence-electron chi connectivity index (χ3n) is 8.14. The van der Waals surface area contributed by atoms with E-state index in [4.69, 9.17) is 28.4 Å². The molecular formula is C34H47N3O11. The van der Waals surface area contributed by atoms with Gasteiger partial charge >= 0.3 is 11.9 Å². The highest BCUT2D eigenvalue weighted by Crippen LogP contribution is 2.40. The molecule has 14 heteroatoms. The van der Waals surface area contributed by atoms with Gasteiger partial charge in [0.05, 0.1) is 54.3 Å². The van der Waals surface area contributed by atoms with Gasteiger partial charge < -0.3 is 48.9 Å². The number of amides is 1. The van der Waals surface area contributed by atoms with Gasteiger partial charge in [0.2, 0.25) is 17.4 Å². The number of aliphatic carboxylic acids is 2. The predicted octanol–water partition coefficient (Wildman–Crippen LogP) is 3.56. The van der Waals surface area contributed by atoms with Crippen LogP contribution in [0.2, 0.25) is 0 Å². The Bertz CT molecular complexity index is 1400. The lowest BCUT2D eigenvalue weighted by molar-refractivity contribution is -0.135. The van der Waals surface area contributed by atoms with Crippen LogP contribution >= 0.6 is 0 Å². The molecule has 3 N–H and O–H groups in total. The summed E-state index contributed by atoms with van der Waals surface area (Å²) < 4.78 is 32.4. The zero-order valence-corrected chi connectivity index (χ0v) is 28.5. The fourth-order valence-electron chi connectivity index (χ4n) is 5.91. The summed E-state index contributed by atoms with van der Waals surface area (Å²) in [6.45, 7) is 2.66. The van der Waals surface area contributed by atoms with Crippen LogP contribution < -0.4 is 33.7 Å². The first-order chi connectivity index (χ1) is 23.1. The Kier molecular flexibility index (Phi) is 14.6. The number of benzene rings is 2. The largest absolute Gasteiger partial charge is 0.493 e. The lowest BCUT2D eigenvalue weighted by atomic mass is 10.0. The molecule has 0 radical (unpaired) electrons. The molecule has 0 spiro atoms. The average molecular weight is 674 g/mol. The quantitative estimate of drug-likeness (QED) is 0.197. The molecule has 0 saturated carbocycles. The minimum Gasteiger partial charge on any atom is -0.493 e. The Labute approximate surface area is 281 Å². The number of hydrogen-bond donors (Lipinski definition) is 3. The number of anilines is 1. The minimum atomic E-state index is -1.32. The van der Waals surface area contributed by atoms with Crippen molar-refractivity contribution in [1.82, 2.24) is 9.80 Å². The predicted molar refractivity (Wildman–Crippen MR) is 178 cm³/mol. The molecule has 0 aliphatic carbocycles. The van der Waals surface area contributed by atoms with Gasteiger partial charge in [-0.1, -0.05) is 0 Å². The second kappa shape index (κ2) is 18.6. The van der Waals surface area contributed by atoms with Crippen molar-refractivity contribution >= 4 is 23.5 Å². The van der Waals surface area contributed by atoms with Crippen LogP contribution in [0.4, 0.5) is 5.69 Å². The third-order valence-corrected chi connectivity index (χ3v) is 8.14. The van der Waals surface area contributed by atoms with Crippen LogP contribution in [-0.2, 0) is 20.8 Å². The summed E-state index contributed by atoms with van der Waals surface area (Å²) in [6.07, 6.45) is 3.57. The van der Waals surface area contributed by atoms with Gasteiger partial charge in [0.1, 0.15) is 0 Å². The lowest BCUT2D eigenvalue weighted by Gasteiger charge is -2.32. The van der Waals surface area contributed by atoms with Gasteiger partial charge in [-0.15, -0.1) is 0 Å². The molecule has 48 heavy (non-hydrogen) atoms. The van der Waals surface area contributed by atoms with Crippen LogP contribution in [0, 0.1) is 0 Å². The van der Waals surface area contributed by atoms with Crippen LogP contribution in [0.15, 0.2) is 35.9 Å². The third kappa shape index (κ3) is 10.2. The van der Waals surface area contributed by atoms with E-state index in [1.807, 2.05) is 17.0 Å². The number of methoxy groups -OCH3 is 6. The van der Waals surface area contributed by atoms with Crippen molar-refractivity contribution in [3.05, 3.63) is 41.5 Å². The Morgan fingerprint density at radius 2 is 1.35 bits per heavy atom. The van der Waals surface area contributed by atoms with Crippen LogP contribution in [-0.4, -0.2) is 119 Å². The van der Waals surface area contributed by atoms with E-state index < -0.39 is 18.0 Å². The number of hydrogen-bond acceptors (Lipinski definition) is 11. The van der Waals surface area contributed by atoms with Crippen LogP contribution in [0.5, 0.6) is 34.5 Å². The molecule has 1 heterocycles. The highest BCUT2D eigenvalue weighted by Gasteiger charge is 2.31. The summed E-state index contributed by atoms with van der Waals surface area (Å²) in [4.78, 5) is 41.0. The Morgan fingerprint density at radius 3 is 1.85 bits per heavy atom. The molecular weight excluding hydrogens is 626 g/mol. The van der Waals surface area contributed by atoms with Crippen molar-refractivity contribution in [2.45, 2.75) is 38.1 Å². The van der Waals surface area contributed by atoms with E-state index in [1.165, 1.54) is 21.3 Å². The van der Waals surface area contributed by atoms with Gasteiger partial charge in [-0.2, -0.15) is 0 Å². The lowest BCUT2D eigenvalue weighted by Crippen LogP contribution is -2.45. The summed E-state index contributed by atoms with van der Waals surface area (Å²) in [6, 6.07) is 6.40. The molecule has 2 aromatic rings. The SMILES string of the molecule is COc1cc(CCCN2CCCN(CCCC(=O)Nc3cc(OC)c(OC)c(OC)c3)C(C(=CC(=O)O)C(=O)O)C2)cc(OC)c1OC. The molecule has 3 rings (SSSR count). The molecule has 264 valence electrons. The Morgan fingerprint density at radius 1 is 0.792 bits per heavy atom. The zero-order chi connectivity index (χ0) is 35.2. The van der Waals surface area contributed by atoms with Crippen molar-refractivity contribution in [2.75, 3.05) is 80.7 Å². The molecule has 1 unspecified atom stereocenters. The molecule has 14 nitrogen and oxygen atoms in total. The topological polar surface area (TPSA) is 166 Å². The van der Waals surface area contributed by atoms with E-state index in [2.05, 4.69) is 10.2 Å². The number of ether oxygens (including phenoxy) is 6. The highest BCUT2D eigenvalue weighted by molar-refractivity contribution is 5.95. The summed E-state index contributed by atoms with van der Waals surface area (Å²) in [5.74, 6) is 0.00998. The second-order valence-electron chi connectivity index (χ2n) is 11.2. The minimum absolute atomic E-state index is 0.156. The van der Waals surface area contributed by atoms with Gasteiger partial charge in [0.25, 0.3) is 0 Å².